The van der Waals surface area contributed by atoms with Crippen molar-refractivity contribution in [3.63, 3.8) is 0 Å². The van der Waals surface area contributed by atoms with Gasteiger partial charge in [-0.25, -0.2) is 4.98 Å². The molecule has 1 aliphatic heterocycles. The average Bonchev–Trinajstić information content (AvgIpc) is 2.98. The number of nitrogens with one attached hydrogen (secondary N) is 1. The Morgan fingerprint density at radius 2 is 1.96 bits per heavy atom. The maximum atomic E-state index is 12.4. The smallest absolute Gasteiger partial charge is 0.246 e. The van der Waals surface area contributed by atoms with Gasteiger partial charge in [0.25, 0.3) is 0 Å². The van der Waals surface area contributed by atoms with E-state index >= 15 is 0 Å². The number of carbonyl (C=O) groups excluding carboxylic acids is 1. The average molecular weight is 318 g/mol. The standard InChI is InChI=1S/C18H14N4O2/c1-24-15-9-5-2-6-11(15)16-12(10-19)17(23)21-18-20-13-7-3-4-8-14(13)22(16)18/h2-9,12,16H,1H3,(H,20,21,23). The van der Waals surface area contributed by atoms with E-state index in [0.717, 1.165) is 16.6 Å². The third-order valence-corrected chi connectivity index (χ3v) is 4.30. The number of fused-ring (bicyclic) bond motifs is 3. The summed E-state index contributed by atoms with van der Waals surface area (Å²) in [6.45, 7) is 0. The van der Waals surface area contributed by atoms with Gasteiger partial charge in [-0.05, 0) is 18.2 Å². The van der Waals surface area contributed by atoms with Crippen LogP contribution in [0.2, 0.25) is 0 Å². The lowest BCUT2D eigenvalue weighted by molar-refractivity contribution is -0.119. The van der Waals surface area contributed by atoms with Gasteiger partial charge < -0.3 is 9.30 Å². The Morgan fingerprint density at radius 1 is 1.21 bits per heavy atom. The van der Waals surface area contributed by atoms with Crippen LogP contribution < -0.4 is 10.1 Å². The van der Waals surface area contributed by atoms with Crippen LogP contribution in [0, 0.1) is 17.2 Å². The summed E-state index contributed by atoms with van der Waals surface area (Å²) >= 11 is 0. The number of hydrogen-bond donors (Lipinski definition) is 1. The van der Waals surface area contributed by atoms with Crippen molar-refractivity contribution < 1.29 is 9.53 Å². The number of benzene rings is 2. The van der Waals surface area contributed by atoms with Gasteiger partial charge in [-0.1, -0.05) is 30.3 Å². The van der Waals surface area contributed by atoms with Crippen molar-refractivity contribution in [2.75, 3.05) is 12.4 Å². The SMILES string of the molecule is COc1ccccc1C1C(C#N)C(=O)Nc2nc3ccccc3n21. The molecule has 1 aromatic heterocycles. The lowest BCUT2D eigenvalue weighted by atomic mass is 9.90. The van der Waals surface area contributed by atoms with Gasteiger partial charge in [0.1, 0.15) is 5.75 Å². The van der Waals surface area contributed by atoms with E-state index in [-0.39, 0.29) is 5.91 Å². The second-order valence-corrected chi connectivity index (χ2v) is 5.58. The molecule has 0 radical (unpaired) electrons. The van der Waals surface area contributed by atoms with Gasteiger partial charge >= 0.3 is 0 Å². The number of amides is 1. The molecule has 1 amide bonds. The van der Waals surface area contributed by atoms with Crippen molar-refractivity contribution in [1.29, 1.82) is 5.26 Å². The molecular weight excluding hydrogens is 304 g/mol. The highest BCUT2D eigenvalue weighted by molar-refractivity contribution is 5.97. The van der Waals surface area contributed by atoms with Crippen LogP contribution in [0.4, 0.5) is 5.95 Å². The summed E-state index contributed by atoms with van der Waals surface area (Å²) < 4.78 is 7.36. The third kappa shape index (κ3) is 1.95. The number of nitrogens with zero attached hydrogens (tertiary/aromatic N) is 3. The van der Waals surface area contributed by atoms with Crippen LogP contribution in [-0.2, 0) is 4.79 Å². The summed E-state index contributed by atoms with van der Waals surface area (Å²) in [4.78, 5) is 16.9. The first-order valence-electron chi connectivity index (χ1n) is 7.55. The minimum atomic E-state index is -0.869. The summed E-state index contributed by atoms with van der Waals surface area (Å²) in [7, 11) is 1.58. The summed E-state index contributed by atoms with van der Waals surface area (Å²) in [5.41, 5.74) is 2.42. The second-order valence-electron chi connectivity index (χ2n) is 5.58. The Bertz CT molecular complexity index is 986. The number of hydrogen-bond acceptors (Lipinski definition) is 4. The Balaban J connectivity index is 2.04. The van der Waals surface area contributed by atoms with Crippen LogP contribution in [0.25, 0.3) is 11.0 Å². The zero-order valence-electron chi connectivity index (χ0n) is 12.9. The van der Waals surface area contributed by atoms with E-state index in [2.05, 4.69) is 16.4 Å². The normalized spacial score (nSPS) is 19.4. The van der Waals surface area contributed by atoms with Crippen LogP contribution in [0.15, 0.2) is 48.5 Å². The Labute approximate surface area is 138 Å². The number of aromatic nitrogens is 2. The van der Waals surface area contributed by atoms with Gasteiger partial charge in [-0.15, -0.1) is 0 Å². The van der Waals surface area contributed by atoms with Gasteiger partial charge in [0.15, 0.2) is 5.92 Å². The van der Waals surface area contributed by atoms with E-state index in [9.17, 15) is 10.1 Å². The summed E-state index contributed by atoms with van der Waals surface area (Å²) in [5.74, 6) is -0.132. The first-order chi connectivity index (χ1) is 11.7. The number of rotatable bonds is 2. The molecule has 0 bridgehead atoms. The molecule has 6 heteroatoms. The van der Waals surface area contributed by atoms with Crippen molar-refractivity contribution in [3.8, 4) is 11.8 Å². The molecule has 0 saturated heterocycles. The molecule has 0 spiro atoms. The molecule has 6 nitrogen and oxygen atoms in total. The first kappa shape index (κ1) is 14.3. The highest BCUT2D eigenvalue weighted by Gasteiger charge is 2.40. The molecule has 1 N–H and O–H groups in total. The largest absolute Gasteiger partial charge is 0.496 e. The Kier molecular flexibility index (Phi) is 3.21. The number of ether oxygens (including phenoxy) is 1. The molecule has 24 heavy (non-hydrogen) atoms. The van der Waals surface area contributed by atoms with Crippen molar-refractivity contribution in [3.05, 3.63) is 54.1 Å². The number of anilines is 1. The molecule has 2 heterocycles. The van der Waals surface area contributed by atoms with E-state index in [1.165, 1.54) is 0 Å². The van der Waals surface area contributed by atoms with E-state index in [1.54, 1.807) is 7.11 Å². The van der Waals surface area contributed by atoms with E-state index < -0.39 is 12.0 Å². The molecule has 2 aromatic carbocycles. The molecular formula is C18H14N4O2. The maximum absolute atomic E-state index is 12.4. The fraction of sp³-hybridized carbons (Fsp3) is 0.167. The predicted molar refractivity (Wildman–Crippen MR) is 88.6 cm³/mol. The van der Waals surface area contributed by atoms with Gasteiger partial charge in [0.05, 0.1) is 30.3 Å². The number of imidazole rings is 1. The van der Waals surface area contributed by atoms with Crippen LogP contribution in [0.3, 0.4) is 0 Å². The van der Waals surface area contributed by atoms with Crippen molar-refractivity contribution in [2.45, 2.75) is 6.04 Å². The first-order valence-corrected chi connectivity index (χ1v) is 7.55. The van der Waals surface area contributed by atoms with Crippen molar-refractivity contribution >= 4 is 22.9 Å². The van der Waals surface area contributed by atoms with Crippen LogP contribution in [0.5, 0.6) is 5.75 Å². The minimum Gasteiger partial charge on any atom is -0.496 e. The molecule has 0 saturated carbocycles. The monoisotopic (exact) mass is 318 g/mol. The van der Waals surface area contributed by atoms with Crippen molar-refractivity contribution in [2.24, 2.45) is 5.92 Å². The van der Waals surface area contributed by atoms with Crippen LogP contribution in [-0.4, -0.2) is 22.6 Å². The number of para-hydroxylation sites is 3. The van der Waals surface area contributed by atoms with E-state index in [0.29, 0.717) is 11.7 Å². The highest BCUT2D eigenvalue weighted by Crippen LogP contribution is 2.40. The molecule has 0 aliphatic carbocycles. The summed E-state index contributed by atoms with van der Waals surface area (Å²) in [6, 6.07) is 16.7. The third-order valence-electron chi connectivity index (χ3n) is 4.30. The zero-order chi connectivity index (χ0) is 16.7. The molecule has 2 atom stereocenters. The molecule has 3 aromatic rings. The van der Waals surface area contributed by atoms with Crippen LogP contribution in [0.1, 0.15) is 11.6 Å². The molecule has 4 rings (SSSR count). The molecule has 0 fully saturated rings. The lowest BCUT2D eigenvalue weighted by Gasteiger charge is -2.30. The number of carbonyl (C=O) groups is 1. The minimum absolute atomic E-state index is 0.351. The summed E-state index contributed by atoms with van der Waals surface area (Å²) in [6.07, 6.45) is 0. The quantitative estimate of drug-likeness (QED) is 0.788. The fourth-order valence-corrected chi connectivity index (χ4v) is 3.25. The molecule has 2 unspecified atom stereocenters. The Hall–Kier alpha value is -3.33. The maximum Gasteiger partial charge on any atom is 0.246 e. The zero-order valence-corrected chi connectivity index (χ0v) is 12.9. The van der Waals surface area contributed by atoms with Gasteiger partial charge in [-0.2, -0.15) is 5.26 Å². The highest BCUT2D eigenvalue weighted by atomic mass is 16.5. The summed E-state index contributed by atoms with van der Waals surface area (Å²) in [5, 5.41) is 12.3. The Morgan fingerprint density at radius 3 is 2.75 bits per heavy atom. The van der Waals surface area contributed by atoms with Gasteiger partial charge in [0.2, 0.25) is 11.9 Å². The second kappa shape index (κ2) is 5.39. The van der Waals surface area contributed by atoms with Crippen molar-refractivity contribution in [1.82, 2.24) is 9.55 Å². The topological polar surface area (TPSA) is 79.9 Å². The molecule has 118 valence electrons. The lowest BCUT2D eigenvalue weighted by Crippen LogP contribution is -2.37. The fourth-order valence-electron chi connectivity index (χ4n) is 3.25. The van der Waals surface area contributed by atoms with Gasteiger partial charge in [-0.3, -0.25) is 10.1 Å². The van der Waals surface area contributed by atoms with E-state index in [4.69, 9.17) is 4.74 Å². The van der Waals surface area contributed by atoms with E-state index in [1.807, 2.05) is 53.1 Å². The van der Waals surface area contributed by atoms with Gasteiger partial charge in [0, 0.05) is 5.56 Å². The molecule has 1 aliphatic rings. The number of methoxy groups -OCH3 is 1. The predicted octanol–water partition coefficient (Wildman–Crippen LogP) is 2.73. The number of nitriles is 1. The van der Waals surface area contributed by atoms with Crippen LogP contribution >= 0.6 is 0 Å².